The van der Waals surface area contributed by atoms with Gasteiger partial charge in [-0.2, -0.15) is 0 Å². The van der Waals surface area contributed by atoms with Gasteiger partial charge in [-0.15, -0.1) is 11.3 Å². The summed E-state index contributed by atoms with van der Waals surface area (Å²) in [5.74, 6) is 0. The van der Waals surface area contributed by atoms with Crippen molar-refractivity contribution in [3.05, 3.63) is 49.8 Å². The fourth-order valence-corrected chi connectivity index (χ4v) is 3.01. The zero-order valence-electron chi connectivity index (χ0n) is 8.23. The predicted molar refractivity (Wildman–Crippen MR) is 69.9 cm³/mol. The molecular formula is C11H9BrClNOS. The van der Waals surface area contributed by atoms with Crippen molar-refractivity contribution in [1.82, 2.24) is 4.98 Å². The summed E-state index contributed by atoms with van der Waals surface area (Å²) in [6.07, 6.45) is 3.42. The first-order chi connectivity index (χ1) is 7.66. The highest BCUT2D eigenvalue weighted by Gasteiger charge is 2.13. The van der Waals surface area contributed by atoms with Gasteiger partial charge in [-0.1, -0.05) is 11.6 Å². The fourth-order valence-electron chi connectivity index (χ4n) is 1.43. The Morgan fingerprint density at radius 3 is 2.94 bits per heavy atom. The van der Waals surface area contributed by atoms with E-state index in [1.165, 1.54) is 11.3 Å². The van der Waals surface area contributed by atoms with E-state index in [-0.39, 0.29) is 0 Å². The minimum Gasteiger partial charge on any atom is -0.387 e. The van der Waals surface area contributed by atoms with Crippen LogP contribution in [0.25, 0.3) is 0 Å². The summed E-state index contributed by atoms with van der Waals surface area (Å²) >= 11 is 10.8. The molecular weight excluding hydrogens is 310 g/mol. The topological polar surface area (TPSA) is 33.1 Å². The fraction of sp³-hybridized carbons (Fsp3) is 0.182. The highest BCUT2D eigenvalue weighted by Crippen LogP contribution is 2.30. The van der Waals surface area contributed by atoms with E-state index in [1.54, 1.807) is 18.5 Å². The molecule has 2 nitrogen and oxygen atoms in total. The van der Waals surface area contributed by atoms with E-state index in [9.17, 15) is 5.11 Å². The summed E-state index contributed by atoms with van der Waals surface area (Å²) in [5.41, 5.74) is 0.978. The van der Waals surface area contributed by atoms with E-state index in [0.29, 0.717) is 11.4 Å². The Hall–Kier alpha value is -0.420. The van der Waals surface area contributed by atoms with Crippen molar-refractivity contribution in [1.29, 1.82) is 0 Å². The van der Waals surface area contributed by atoms with Crippen LogP contribution in [0.5, 0.6) is 0 Å². The smallest absolute Gasteiger partial charge is 0.0937 e. The van der Waals surface area contributed by atoms with Gasteiger partial charge in [0.25, 0.3) is 0 Å². The number of aromatic nitrogens is 1. The highest BCUT2D eigenvalue weighted by atomic mass is 79.9. The van der Waals surface area contributed by atoms with Crippen molar-refractivity contribution in [2.24, 2.45) is 0 Å². The van der Waals surface area contributed by atoms with Crippen LogP contribution >= 0.6 is 38.9 Å². The number of aliphatic hydroxyl groups excluding tert-OH is 1. The molecule has 16 heavy (non-hydrogen) atoms. The molecule has 0 radical (unpaired) electrons. The number of rotatable bonds is 3. The van der Waals surface area contributed by atoms with Gasteiger partial charge < -0.3 is 5.11 Å². The van der Waals surface area contributed by atoms with Crippen molar-refractivity contribution in [2.75, 3.05) is 0 Å². The largest absolute Gasteiger partial charge is 0.387 e. The van der Waals surface area contributed by atoms with Crippen LogP contribution in [0.2, 0.25) is 5.02 Å². The van der Waals surface area contributed by atoms with Crippen molar-refractivity contribution >= 4 is 38.9 Å². The Bertz CT molecular complexity index is 488. The summed E-state index contributed by atoms with van der Waals surface area (Å²) in [6, 6.07) is 3.74. The molecule has 0 aliphatic carbocycles. The first-order valence-corrected chi connectivity index (χ1v) is 6.72. The lowest BCUT2D eigenvalue weighted by molar-refractivity contribution is 0.182. The molecule has 0 aromatic carbocycles. The maximum Gasteiger partial charge on any atom is 0.0937 e. The maximum atomic E-state index is 10.0. The number of nitrogens with zero attached hydrogens (tertiary/aromatic N) is 1. The Balaban J connectivity index is 2.14. The van der Waals surface area contributed by atoms with Gasteiger partial charge in [0, 0.05) is 23.3 Å². The molecule has 1 atom stereocenters. The predicted octanol–water partition coefficient (Wildman–Crippen LogP) is 3.84. The minimum atomic E-state index is -0.566. The van der Waals surface area contributed by atoms with Gasteiger partial charge in [0.15, 0.2) is 0 Å². The summed E-state index contributed by atoms with van der Waals surface area (Å²) in [7, 11) is 0. The Kier molecular flexibility index (Phi) is 3.97. The number of hydrogen-bond acceptors (Lipinski definition) is 3. The van der Waals surface area contributed by atoms with Crippen LogP contribution < -0.4 is 0 Å². The van der Waals surface area contributed by atoms with Crippen LogP contribution in [-0.4, -0.2) is 10.1 Å². The van der Waals surface area contributed by atoms with Gasteiger partial charge >= 0.3 is 0 Å². The van der Waals surface area contributed by atoms with Gasteiger partial charge in [0.05, 0.1) is 16.0 Å². The number of aliphatic hydroxyl groups is 1. The Morgan fingerprint density at radius 1 is 1.50 bits per heavy atom. The van der Waals surface area contributed by atoms with Gasteiger partial charge in [-0.25, -0.2) is 0 Å². The van der Waals surface area contributed by atoms with Gasteiger partial charge in [0.2, 0.25) is 0 Å². The van der Waals surface area contributed by atoms with Crippen LogP contribution in [-0.2, 0) is 6.42 Å². The van der Waals surface area contributed by atoms with Crippen molar-refractivity contribution in [2.45, 2.75) is 12.5 Å². The molecule has 0 fully saturated rings. The third-order valence-electron chi connectivity index (χ3n) is 2.14. The normalized spacial score (nSPS) is 12.7. The van der Waals surface area contributed by atoms with Crippen LogP contribution in [0.15, 0.2) is 34.4 Å². The average molecular weight is 319 g/mol. The molecule has 1 unspecified atom stereocenters. The minimum absolute atomic E-state index is 0.521. The van der Waals surface area contributed by atoms with E-state index >= 15 is 0 Å². The SMILES string of the molecule is OC(Cc1cncc(Br)c1)c1sccc1Cl. The first kappa shape index (κ1) is 12.0. The quantitative estimate of drug-likeness (QED) is 0.933. The molecule has 84 valence electrons. The molecule has 0 aliphatic rings. The van der Waals surface area contributed by atoms with E-state index in [4.69, 9.17) is 11.6 Å². The van der Waals surface area contributed by atoms with E-state index in [1.807, 2.05) is 11.4 Å². The molecule has 0 aliphatic heterocycles. The second kappa shape index (κ2) is 5.27. The molecule has 0 amide bonds. The summed E-state index contributed by atoms with van der Waals surface area (Å²) in [5, 5.41) is 12.5. The van der Waals surface area contributed by atoms with Crippen molar-refractivity contribution in [3.8, 4) is 0 Å². The van der Waals surface area contributed by atoms with Crippen molar-refractivity contribution in [3.63, 3.8) is 0 Å². The molecule has 2 rings (SSSR count). The average Bonchev–Trinajstić information content (AvgIpc) is 2.64. The maximum absolute atomic E-state index is 10.0. The number of halogens is 2. The second-order valence-corrected chi connectivity index (χ2v) is 5.63. The Labute approximate surface area is 111 Å². The van der Waals surface area contributed by atoms with Gasteiger partial charge in [-0.05, 0) is 39.0 Å². The van der Waals surface area contributed by atoms with Crippen LogP contribution in [0.1, 0.15) is 16.5 Å². The molecule has 0 spiro atoms. The number of thiophene rings is 1. The zero-order valence-corrected chi connectivity index (χ0v) is 11.4. The van der Waals surface area contributed by atoms with E-state index < -0.39 is 6.10 Å². The van der Waals surface area contributed by atoms with Crippen LogP contribution in [0.4, 0.5) is 0 Å². The monoisotopic (exact) mass is 317 g/mol. The molecule has 2 aromatic heterocycles. The van der Waals surface area contributed by atoms with Crippen molar-refractivity contribution < 1.29 is 5.11 Å². The lowest BCUT2D eigenvalue weighted by Gasteiger charge is -2.09. The molecule has 1 N–H and O–H groups in total. The van der Waals surface area contributed by atoms with E-state index in [2.05, 4.69) is 20.9 Å². The molecule has 0 bridgehead atoms. The second-order valence-electron chi connectivity index (χ2n) is 3.36. The summed E-state index contributed by atoms with van der Waals surface area (Å²) in [4.78, 5) is 4.86. The standard InChI is InChI=1S/C11H9BrClNOS/c12-8-3-7(5-14-6-8)4-10(15)11-9(13)1-2-16-11/h1-3,5-6,10,15H,4H2. The molecule has 2 heterocycles. The first-order valence-electron chi connectivity index (χ1n) is 4.67. The Morgan fingerprint density at radius 2 is 2.31 bits per heavy atom. The summed E-state index contributed by atoms with van der Waals surface area (Å²) in [6.45, 7) is 0. The van der Waals surface area contributed by atoms with Crippen LogP contribution in [0.3, 0.4) is 0 Å². The molecule has 0 saturated carbocycles. The lowest BCUT2D eigenvalue weighted by atomic mass is 10.1. The molecule has 0 saturated heterocycles. The third-order valence-corrected chi connectivity index (χ3v) is 4.03. The lowest BCUT2D eigenvalue weighted by Crippen LogP contribution is -2.00. The zero-order chi connectivity index (χ0) is 11.5. The van der Waals surface area contributed by atoms with E-state index in [0.717, 1.165) is 14.9 Å². The van der Waals surface area contributed by atoms with Gasteiger partial charge in [-0.3, -0.25) is 4.98 Å². The molecule has 5 heteroatoms. The third kappa shape index (κ3) is 2.83. The van der Waals surface area contributed by atoms with Crippen LogP contribution in [0, 0.1) is 0 Å². The number of pyridine rings is 1. The van der Waals surface area contributed by atoms with Gasteiger partial charge in [0.1, 0.15) is 0 Å². The summed E-state index contributed by atoms with van der Waals surface area (Å²) < 4.78 is 0.912. The number of hydrogen-bond donors (Lipinski definition) is 1. The molecule has 2 aromatic rings. The highest BCUT2D eigenvalue weighted by molar-refractivity contribution is 9.10.